The summed E-state index contributed by atoms with van der Waals surface area (Å²) in [5.74, 6) is 11.4. The van der Waals surface area contributed by atoms with Crippen molar-refractivity contribution in [3.05, 3.63) is 0 Å². The molecule has 0 saturated heterocycles. The van der Waals surface area contributed by atoms with Gasteiger partial charge in [0, 0.05) is 6.92 Å². The molecule has 0 saturated carbocycles. The van der Waals surface area contributed by atoms with Gasteiger partial charge in [-0.15, -0.1) is 0 Å². The summed E-state index contributed by atoms with van der Waals surface area (Å²) in [5.41, 5.74) is -0.518. The summed E-state index contributed by atoms with van der Waals surface area (Å²) in [6.45, 7) is 12.1. The van der Waals surface area contributed by atoms with Crippen LogP contribution in [0.1, 0.15) is 34.6 Å². The lowest BCUT2D eigenvalue weighted by atomic mass is 10.1. The van der Waals surface area contributed by atoms with E-state index < -0.39 is 5.54 Å². The Bertz CT molecular complexity index is 359. The average molecular weight is 234 g/mol. The fourth-order valence-electron chi connectivity index (χ4n) is 1.30. The Labute approximate surface area is 105 Å². The van der Waals surface area contributed by atoms with Crippen LogP contribution in [0, 0.1) is 23.7 Å². The van der Waals surface area contributed by atoms with Gasteiger partial charge in [-0.05, 0) is 38.8 Å². The Morgan fingerprint density at radius 2 is 1.82 bits per heavy atom. The number of hydrogen-bond donors (Lipinski definition) is 1. The number of carbonyl (C=O) groups excluding carboxylic acids is 1. The second-order valence-electron chi connectivity index (χ2n) is 4.32. The van der Waals surface area contributed by atoms with Gasteiger partial charge in [-0.25, -0.2) is 0 Å². The van der Waals surface area contributed by atoms with E-state index in [1.807, 2.05) is 13.8 Å². The molecule has 0 aliphatic carbocycles. The molecule has 0 heterocycles. The van der Waals surface area contributed by atoms with E-state index in [1.54, 1.807) is 0 Å². The Kier molecular flexibility index (Phi) is 7.10. The molecule has 1 amide bonds. The van der Waals surface area contributed by atoms with E-state index in [0.29, 0.717) is 0 Å². The maximum atomic E-state index is 10.9. The van der Waals surface area contributed by atoms with Crippen molar-refractivity contribution in [2.45, 2.75) is 40.2 Å². The van der Waals surface area contributed by atoms with Crippen LogP contribution in [0.15, 0.2) is 0 Å². The van der Waals surface area contributed by atoms with Crippen molar-refractivity contribution in [2.24, 2.45) is 0 Å². The van der Waals surface area contributed by atoms with Crippen molar-refractivity contribution < 1.29 is 4.79 Å². The van der Waals surface area contributed by atoms with Gasteiger partial charge in [0.25, 0.3) is 0 Å². The quantitative estimate of drug-likeness (QED) is 0.743. The van der Waals surface area contributed by atoms with Crippen LogP contribution in [-0.2, 0) is 4.79 Å². The minimum atomic E-state index is -0.518. The predicted octanol–water partition coefficient (Wildman–Crippen LogP) is 1.25. The summed E-state index contributed by atoms with van der Waals surface area (Å²) in [4.78, 5) is 13.1. The van der Waals surface area contributed by atoms with E-state index in [4.69, 9.17) is 0 Å². The molecule has 0 aromatic rings. The number of amides is 1. The summed E-state index contributed by atoms with van der Waals surface area (Å²) >= 11 is 0. The van der Waals surface area contributed by atoms with Crippen LogP contribution in [-0.4, -0.2) is 36.0 Å². The van der Waals surface area contributed by atoms with E-state index in [0.717, 1.165) is 19.6 Å². The molecule has 0 rings (SSSR count). The third kappa shape index (κ3) is 8.37. The highest BCUT2D eigenvalue weighted by atomic mass is 16.1. The third-order valence-electron chi connectivity index (χ3n) is 2.21. The van der Waals surface area contributed by atoms with E-state index in [1.165, 1.54) is 6.92 Å². The largest absolute Gasteiger partial charge is 0.341 e. The summed E-state index contributed by atoms with van der Waals surface area (Å²) in [7, 11) is 0. The van der Waals surface area contributed by atoms with Crippen LogP contribution < -0.4 is 5.32 Å². The Morgan fingerprint density at radius 1 is 1.24 bits per heavy atom. The van der Waals surface area contributed by atoms with E-state index in [-0.39, 0.29) is 5.91 Å². The van der Waals surface area contributed by atoms with Crippen molar-refractivity contribution in [1.82, 2.24) is 10.2 Å². The molecule has 0 aliphatic rings. The van der Waals surface area contributed by atoms with Gasteiger partial charge in [0.15, 0.2) is 0 Å². The summed E-state index contributed by atoms with van der Waals surface area (Å²) in [5, 5.41) is 2.75. The topological polar surface area (TPSA) is 32.3 Å². The lowest BCUT2D eigenvalue weighted by Crippen LogP contribution is -2.40. The van der Waals surface area contributed by atoms with Crippen molar-refractivity contribution >= 4 is 5.91 Å². The van der Waals surface area contributed by atoms with Crippen LogP contribution in [0.3, 0.4) is 0 Å². The third-order valence-corrected chi connectivity index (χ3v) is 2.21. The second kappa shape index (κ2) is 7.76. The fourth-order valence-corrected chi connectivity index (χ4v) is 1.30. The van der Waals surface area contributed by atoms with Gasteiger partial charge in [0.1, 0.15) is 0 Å². The molecule has 0 aliphatic heterocycles. The lowest BCUT2D eigenvalue weighted by molar-refractivity contribution is -0.119. The molecule has 0 bridgehead atoms. The zero-order valence-electron chi connectivity index (χ0n) is 11.5. The highest BCUT2D eigenvalue weighted by Gasteiger charge is 2.13. The van der Waals surface area contributed by atoms with Crippen LogP contribution in [0.2, 0.25) is 0 Å². The second-order valence-corrected chi connectivity index (χ2v) is 4.32. The highest BCUT2D eigenvalue weighted by Crippen LogP contribution is 1.98. The first kappa shape index (κ1) is 15.6. The Hall–Kier alpha value is -1.45. The predicted molar refractivity (Wildman–Crippen MR) is 71.2 cm³/mol. The molecule has 94 valence electrons. The molecule has 17 heavy (non-hydrogen) atoms. The van der Waals surface area contributed by atoms with Crippen LogP contribution in [0.25, 0.3) is 0 Å². The fraction of sp³-hybridized carbons (Fsp3) is 0.643. The number of rotatable bonds is 4. The van der Waals surface area contributed by atoms with Gasteiger partial charge >= 0.3 is 0 Å². The number of hydrogen-bond acceptors (Lipinski definition) is 2. The monoisotopic (exact) mass is 234 g/mol. The van der Waals surface area contributed by atoms with Crippen LogP contribution in [0.5, 0.6) is 0 Å². The zero-order chi connectivity index (χ0) is 13.3. The first-order chi connectivity index (χ1) is 7.91. The maximum absolute atomic E-state index is 10.9. The van der Waals surface area contributed by atoms with Gasteiger partial charge in [-0.1, -0.05) is 25.7 Å². The summed E-state index contributed by atoms with van der Waals surface area (Å²) in [6, 6.07) is 0. The zero-order valence-corrected chi connectivity index (χ0v) is 11.5. The van der Waals surface area contributed by atoms with E-state index in [9.17, 15) is 4.79 Å². The molecule has 3 heteroatoms. The van der Waals surface area contributed by atoms with Crippen LogP contribution in [0.4, 0.5) is 0 Å². The molecule has 1 N–H and O–H groups in total. The molecule has 0 aromatic carbocycles. The summed E-state index contributed by atoms with van der Waals surface area (Å²) in [6.07, 6.45) is 0. The minimum absolute atomic E-state index is 0.0830. The molecular formula is C14H22N2O. The number of nitrogens with zero attached hydrogens (tertiary/aromatic N) is 1. The first-order valence-corrected chi connectivity index (χ1v) is 5.92. The molecule has 0 fully saturated rings. The minimum Gasteiger partial charge on any atom is -0.341 e. The molecule has 0 spiro atoms. The standard InChI is InChI=1S/C14H22N2O/c1-6-16(7-2)12-10-8-9-11-14(4,5)15-13(3)17/h6-7,12H2,1-5H3,(H,15,17). The highest BCUT2D eigenvalue weighted by molar-refractivity contribution is 5.74. The van der Waals surface area contributed by atoms with Crippen LogP contribution >= 0.6 is 0 Å². The van der Waals surface area contributed by atoms with Gasteiger partial charge in [0.05, 0.1) is 12.1 Å². The number of carbonyl (C=O) groups is 1. The van der Waals surface area contributed by atoms with Gasteiger partial charge in [-0.3, -0.25) is 9.69 Å². The Morgan fingerprint density at radius 3 is 2.29 bits per heavy atom. The van der Waals surface area contributed by atoms with Gasteiger partial charge in [0.2, 0.25) is 5.91 Å². The molecular weight excluding hydrogens is 212 g/mol. The summed E-state index contributed by atoms with van der Waals surface area (Å²) < 4.78 is 0. The van der Waals surface area contributed by atoms with Gasteiger partial charge in [-0.2, -0.15) is 0 Å². The molecule has 0 unspecified atom stereocenters. The maximum Gasteiger partial charge on any atom is 0.218 e. The first-order valence-electron chi connectivity index (χ1n) is 5.92. The molecule has 0 radical (unpaired) electrons. The van der Waals surface area contributed by atoms with Crippen molar-refractivity contribution in [3.63, 3.8) is 0 Å². The molecule has 3 nitrogen and oxygen atoms in total. The number of nitrogens with one attached hydrogen (secondary N) is 1. The van der Waals surface area contributed by atoms with Crippen molar-refractivity contribution in [1.29, 1.82) is 0 Å². The van der Waals surface area contributed by atoms with Crippen molar-refractivity contribution in [3.8, 4) is 23.7 Å². The molecule has 0 aromatic heterocycles. The average Bonchev–Trinajstić information content (AvgIpc) is 2.21. The SMILES string of the molecule is CCN(CC)CC#CC#CC(C)(C)NC(C)=O. The molecule has 0 atom stereocenters. The van der Waals surface area contributed by atoms with E-state index >= 15 is 0 Å². The Balaban J connectivity index is 4.28. The van der Waals surface area contributed by atoms with E-state index in [2.05, 4.69) is 47.7 Å². The lowest BCUT2D eigenvalue weighted by Gasteiger charge is -2.17. The smallest absolute Gasteiger partial charge is 0.218 e. The normalized spacial score (nSPS) is 10.0. The van der Waals surface area contributed by atoms with Crippen molar-refractivity contribution in [2.75, 3.05) is 19.6 Å². The van der Waals surface area contributed by atoms with Gasteiger partial charge < -0.3 is 5.32 Å².